The summed E-state index contributed by atoms with van der Waals surface area (Å²) in [6, 6.07) is 9.67. The number of halogens is 3. The molecule has 5 heteroatoms. The molecule has 0 spiro atoms. The summed E-state index contributed by atoms with van der Waals surface area (Å²) in [4.78, 5) is 0. The van der Waals surface area contributed by atoms with Crippen LogP contribution in [0.15, 0.2) is 45.3 Å². The van der Waals surface area contributed by atoms with Crippen molar-refractivity contribution in [2.24, 2.45) is 0 Å². The monoisotopic (exact) mass is 388 g/mol. The average molecular weight is 390 g/mol. The number of hydrogen-bond donors (Lipinski definition) is 1. The maximum absolute atomic E-state index is 13.6. The van der Waals surface area contributed by atoms with E-state index >= 15 is 0 Å². The van der Waals surface area contributed by atoms with E-state index in [0.29, 0.717) is 11.3 Å². The normalized spacial score (nSPS) is 12.3. The predicted molar refractivity (Wildman–Crippen MR) is 78.9 cm³/mol. The van der Waals surface area contributed by atoms with E-state index in [4.69, 9.17) is 4.74 Å². The molecular formula is C14H11Br2FO2. The molecule has 0 radical (unpaired) electrons. The highest BCUT2D eigenvalue weighted by Crippen LogP contribution is 2.34. The molecule has 0 saturated heterocycles. The third kappa shape index (κ3) is 3.55. The zero-order valence-corrected chi connectivity index (χ0v) is 13.2. The Morgan fingerprint density at radius 3 is 2.37 bits per heavy atom. The summed E-state index contributed by atoms with van der Waals surface area (Å²) in [7, 11) is 0. The minimum Gasteiger partial charge on any atom is -0.454 e. The molecule has 2 nitrogen and oxygen atoms in total. The van der Waals surface area contributed by atoms with Gasteiger partial charge in [-0.2, -0.15) is 0 Å². The van der Waals surface area contributed by atoms with Crippen LogP contribution in [0.2, 0.25) is 0 Å². The molecule has 0 heterocycles. The third-order valence-corrected chi connectivity index (χ3v) is 3.52. The molecule has 1 atom stereocenters. The molecule has 0 aliphatic carbocycles. The van der Waals surface area contributed by atoms with Crippen LogP contribution in [0.3, 0.4) is 0 Å². The molecule has 0 aliphatic heterocycles. The quantitative estimate of drug-likeness (QED) is 0.781. The van der Waals surface area contributed by atoms with Gasteiger partial charge in [0, 0.05) is 14.5 Å². The maximum Gasteiger partial charge on any atom is 0.165 e. The van der Waals surface area contributed by atoms with Crippen molar-refractivity contribution in [2.45, 2.75) is 13.0 Å². The second-order valence-corrected chi connectivity index (χ2v) is 5.87. The zero-order valence-electron chi connectivity index (χ0n) is 10.0. The van der Waals surface area contributed by atoms with Crippen molar-refractivity contribution in [1.29, 1.82) is 0 Å². The zero-order chi connectivity index (χ0) is 14.0. The van der Waals surface area contributed by atoms with Gasteiger partial charge in [0.05, 0.1) is 6.10 Å². The van der Waals surface area contributed by atoms with Crippen molar-refractivity contribution < 1.29 is 14.2 Å². The maximum atomic E-state index is 13.6. The molecular weight excluding hydrogens is 379 g/mol. The number of aliphatic hydroxyl groups is 1. The molecule has 0 fully saturated rings. The van der Waals surface area contributed by atoms with E-state index in [9.17, 15) is 9.50 Å². The SMILES string of the molecule is CC(O)c1cc(Br)ccc1Oc1cc(Br)ccc1F. The van der Waals surface area contributed by atoms with Crippen LogP contribution in [0.1, 0.15) is 18.6 Å². The first-order valence-corrected chi connectivity index (χ1v) is 7.16. The standard InChI is InChI=1S/C14H11Br2FO2/c1-8(18)11-6-9(15)3-5-13(11)19-14-7-10(16)2-4-12(14)17/h2-8,18H,1H3. The molecule has 0 amide bonds. The Labute approximate surface area is 127 Å². The topological polar surface area (TPSA) is 29.5 Å². The van der Waals surface area contributed by atoms with Gasteiger partial charge < -0.3 is 9.84 Å². The molecule has 100 valence electrons. The molecule has 2 aromatic rings. The Hall–Kier alpha value is -0.910. The van der Waals surface area contributed by atoms with Gasteiger partial charge in [-0.1, -0.05) is 31.9 Å². The lowest BCUT2D eigenvalue weighted by Crippen LogP contribution is -1.97. The Balaban J connectivity index is 2.40. The number of aliphatic hydroxyl groups excluding tert-OH is 1. The smallest absolute Gasteiger partial charge is 0.165 e. The van der Waals surface area contributed by atoms with Crippen molar-refractivity contribution >= 4 is 31.9 Å². The van der Waals surface area contributed by atoms with Crippen LogP contribution < -0.4 is 4.74 Å². The van der Waals surface area contributed by atoms with Gasteiger partial charge >= 0.3 is 0 Å². The largest absolute Gasteiger partial charge is 0.454 e. The first-order valence-electron chi connectivity index (χ1n) is 5.58. The summed E-state index contributed by atoms with van der Waals surface area (Å²) in [5.74, 6) is 0.0801. The molecule has 0 bridgehead atoms. The van der Waals surface area contributed by atoms with Gasteiger partial charge in [-0.15, -0.1) is 0 Å². The summed E-state index contributed by atoms with van der Waals surface area (Å²) in [6.07, 6.45) is -0.706. The van der Waals surface area contributed by atoms with Crippen molar-refractivity contribution in [2.75, 3.05) is 0 Å². The molecule has 1 N–H and O–H groups in total. The summed E-state index contributed by atoms with van der Waals surface area (Å²) in [5, 5.41) is 9.73. The van der Waals surface area contributed by atoms with E-state index < -0.39 is 11.9 Å². The predicted octanol–water partition coefficient (Wildman–Crippen LogP) is 5.20. The number of hydrogen-bond acceptors (Lipinski definition) is 2. The molecule has 19 heavy (non-hydrogen) atoms. The molecule has 0 aromatic heterocycles. The lowest BCUT2D eigenvalue weighted by atomic mass is 10.1. The van der Waals surface area contributed by atoms with E-state index in [1.807, 2.05) is 0 Å². The van der Waals surface area contributed by atoms with Gasteiger partial charge in [-0.3, -0.25) is 0 Å². The second kappa shape index (κ2) is 6.03. The van der Waals surface area contributed by atoms with Gasteiger partial charge in [0.2, 0.25) is 0 Å². The van der Waals surface area contributed by atoms with Crippen molar-refractivity contribution in [3.63, 3.8) is 0 Å². The second-order valence-electron chi connectivity index (χ2n) is 4.03. The first-order chi connectivity index (χ1) is 8.97. The van der Waals surface area contributed by atoms with Gasteiger partial charge in [-0.25, -0.2) is 4.39 Å². The summed E-state index contributed by atoms with van der Waals surface area (Å²) in [5.41, 5.74) is 0.591. The van der Waals surface area contributed by atoms with Crippen molar-refractivity contribution in [3.8, 4) is 11.5 Å². The van der Waals surface area contributed by atoms with E-state index in [0.717, 1.165) is 8.95 Å². The fourth-order valence-corrected chi connectivity index (χ4v) is 2.33. The number of rotatable bonds is 3. The van der Waals surface area contributed by atoms with E-state index in [-0.39, 0.29) is 5.75 Å². The fourth-order valence-electron chi connectivity index (χ4n) is 1.61. The van der Waals surface area contributed by atoms with Crippen LogP contribution in [-0.4, -0.2) is 5.11 Å². The highest BCUT2D eigenvalue weighted by molar-refractivity contribution is 9.10. The van der Waals surface area contributed by atoms with Crippen LogP contribution in [0.5, 0.6) is 11.5 Å². The van der Waals surface area contributed by atoms with Crippen LogP contribution in [-0.2, 0) is 0 Å². The Morgan fingerprint density at radius 1 is 1.05 bits per heavy atom. The van der Waals surface area contributed by atoms with Crippen LogP contribution in [0.4, 0.5) is 4.39 Å². The average Bonchev–Trinajstić information content (AvgIpc) is 2.35. The summed E-state index contributed by atoms with van der Waals surface area (Å²) < 4.78 is 20.7. The fraction of sp³-hybridized carbons (Fsp3) is 0.143. The Kier molecular flexibility index (Phi) is 4.60. The number of ether oxygens (including phenoxy) is 1. The minimum absolute atomic E-state index is 0.110. The third-order valence-electron chi connectivity index (χ3n) is 2.54. The van der Waals surface area contributed by atoms with Gasteiger partial charge in [0.15, 0.2) is 11.6 Å². The Bertz CT molecular complexity index is 600. The van der Waals surface area contributed by atoms with Crippen LogP contribution in [0.25, 0.3) is 0 Å². The molecule has 0 aliphatic rings. The molecule has 0 saturated carbocycles. The summed E-state index contributed by atoms with van der Waals surface area (Å²) >= 11 is 6.59. The highest BCUT2D eigenvalue weighted by Gasteiger charge is 2.13. The van der Waals surface area contributed by atoms with Crippen molar-refractivity contribution in [3.05, 3.63) is 56.7 Å². The first kappa shape index (κ1) is 14.5. The van der Waals surface area contributed by atoms with Crippen LogP contribution in [0, 0.1) is 5.82 Å². The Morgan fingerprint density at radius 2 is 1.68 bits per heavy atom. The molecule has 2 aromatic carbocycles. The number of benzene rings is 2. The lowest BCUT2D eigenvalue weighted by Gasteiger charge is -2.14. The van der Waals surface area contributed by atoms with Gasteiger partial charge in [0.25, 0.3) is 0 Å². The van der Waals surface area contributed by atoms with E-state index in [2.05, 4.69) is 31.9 Å². The lowest BCUT2D eigenvalue weighted by molar-refractivity contribution is 0.195. The molecule has 2 rings (SSSR count). The van der Waals surface area contributed by atoms with Gasteiger partial charge in [0.1, 0.15) is 5.75 Å². The molecule has 1 unspecified atom stereocenters. The minimum atomic E-state index is -0.706. The highest BCUT2D eigenvalue weighted by atomic mass is 79.9. The van der Waals surface area contributed by atoms with Crippen molar-refractivity contribution in [1.82, 2.24) is 0 Å². The van der Waals surface area contributed by atoms with Gasteiger partial charge in [-0.05, 0) is 43.3 Å². The van der Waals surface area contributed by atoms with Crippen LogP contribution >= 0.6 is 31.9 Å². The summed E-state index contributed by atoms with van der Waals surface area (Å²) in [6.45, 7) is 1.63. The van der Waals surface area contributed by atoms with E-state index in [1.165, 1.54) is 6.07 Å². The van der Waals surface area contributed by atoms with E-state index in [1.54, 1.807) is 37.3 Å².